The molecule has 1 saturated heterocycles. The van der Waals surface area contributed by atoms with Gasteiger partial charge in [-0.05, 0) is 56.5 Å². The molecule has 1 aliphatic rings. The molecule has 1 aromatic carbocycles. The van der Waals surface area contributed by atoms with Crippen LogP contribution >= 0.6 is 35.6 Å². The fourth-order valence-electron chi connectivity index (χ4n) is 2.30. The average Bonchev–Trinajstić information content (AvgIpc) is 2.43. The first-order valence-electron chi connectivity index (χ1n) is 6.61. The fraction of sp³-hybridized carbons (Fsp3) is 0.500. The maximum atomic E-state index is 11.9. The molecule has 1 aromatic rings. The van der Waals surface area contributed by atoms with Crippen molar-refractivity contribution >= 4 is 41.5 Å². The van der Waals surface area contributed by atoms with Gasteiger partial charge < -0.3 is 10.6 Å². The summed E-state index contributed by atoms with van der Waals surface area (Å²) in [6.07, 6.45) is 3.49. The monoisotopic (exact) mass is 336 g/mol. The highest BCUT2D eigenvalue weighted by Crippen LogP contribution is 2.22. The van der Waals surface area contributed by atoms with E-state index in [1.54, 1.807) is 18.2 Å². The van der Waals surface area contributed by atoms with Crippen LogP contribution < -0.4 is 10.6 Å². The van der Waals surface area contributed by atoms with Crippen molar-refractivity contribution in [2.24, 2.45) is 5.92 Å². The number of halogens is 3. The number of hydrogen-bond donors (Lipinski definition) is 2. The predicted octanol–water partition coefficient (Wildman–Crippen LogP) is 3.53. The third-order valence-electron chi connectivity index (χ3n) is 3.42. The second kappa shape index (κ2) is 8.73. The molecule has 0 aliphatic carbocycles. The van der Waals surface area contributed by atoms with Crippen molar-refractivity contribution in [1.82, 2.24) is 10.6 Å². The lowest BCUT2D eigenvalue weighted by Crippen LogP contribution is -2.33. The normalized spacial score (nSPS) is 18.2. The summed E-state index contributed by atoms with van der Waals surface area (Å²) in [5.74, 6) is 0.574. The van der Waals surface area contributed by atoms with Gasteiger partial charge in [-0.2, -0.15) is 0 Å². The molecule has 0 radical (unpaired) electrons. The van der Waals surface area contributed by atoms with E-state index >= 15 is 0 Å². The molecule has 2 N–H and O–H groups in total. The quantitative estimate of drug-likeness (QED) is 0.882. The lowest BCUT2D eigenvalue weighted by molar-refractivity contribution is 0.0950. The zero-order valence-electron chi connectivity index (χ0n) is 11.1. The highest BCUT2D eigenvalue weighted by atomic mass is 35.5. The smallest absolute Gasteiger partial charge is 0.251 e. The Morgan fingerprint density at radius 3 is 2.80 bits per heavy atom. The number of hydrogen-bond acceptors (Lipinski definition) is 2. The molecule has 1 unspecified atom stereocenters. The van der Waals surface area contributed by atoms with E-state index in [1.807, 2.05) is 0 Å². The molecule has 112 valence electrons. The number of rotatable bonds is 4. The van der Waals surface area contributed by atoms with Crippen molar-refractivity contribution in [3.8, 4) is 0 Å². The zero-order chi connectivity index (χ0) is 13.7. The molecule has 1 fully saturated rings. The van der Waals surface area contributed by atoms with Crippen LogP contribution in [-0.2, 0) is 0 Å². The first kappa shape index (κ1) is 17.6. The Hall–Kier alpha value is -0.480. The summed E-state index contributed by atoms with van der Waals surface area (Å²) < 4.78 is 0. The molecular formula is C14H19Cl3N2O. The van der Waals surface area contributed by atoms with Crippen LogP contribution in [0.25, 0.3) is 0 Å². The lowest BCUT2D eigenvalue weighted by Gasteiger charge is -2.22. The van der Waals surface area contributed by atoms with Crippen LogP contribution in [0.4, 0.5) is 0 Å². The van der Waals surface area contributed by atoms with Crippen LogP contribution in [-0.4, -0.2) is 25.5 Å². The largest absolute Gasteiger partial charge is 0.352 e. The number of carbonyl (C=O) groups is 1. The Bertz CT molecular complexity index is 448. The Morgan fingerprint density at radius 1 is 1.35 bits per heavy atom. The van der Waals surface area contributed by atoms with Gasteiger partial charge in [0.2, 0.25) is 0 Å². The molecule has 1 atom stereocenters. The van der Waals surface area contributed by atoms with Crippen LogP contribution in [0.3, 0.4) is 0 Å². The molecule has 20 heavy (non-hydrogen) atoms. The van der Waals surface area contributed by atoms with Crippen molar-refractivity contribution in [3.05, 3.63) is 33.8 Å². The van der Waals surface area contributed by atoms with E-state index in [0.29, 0.717) is 28.1 Å². The SMILES string of the molecule is Cl.O=C(NCCC1CCCNC1)c1ccc(Cl)c(Cl)c1. The first-order chi connectivity index (χ1) is 9.16. The second-order valence-electron chi connectivity index (χ2n) is 4.89. The number of nitrogens with one attached hydrogen (secondary N) is 2. The molecule has 6 heteroatoms. The Kier molecular flexibility index (Phi) is 7.67. The highest BCUT2D eigenvalue weighted by molar-refractivity contribution is 6.42. The number of amides is 1. The maximum Gasteiger partial charge on any atom is 0.251 e. The minimum absolute atomic E-state index is 0. The predicted molar refractivity (Wildman–Crippen MR) is 86.3 cm³/mol. The summed E-state index contributed by atoms with van der Waals surface area (Å²) in [5.41, 5.74) is 0.552. The minimum Gasteiger partial charge on any atom is -0.352 e. The van der Waals surface area contributed by atoms with E-state index < -0.39 is 0 Å². The van der Waals surface area contributed by atoms with Gasteiger partial charge in [-0.25, -0.2) is 0 Å². The summed E-state index contributed by atoms with van der Waals surface area (Å²) in [7, 11) is 0. The van der Waals surface area contributed by atoms with E-state index in [2.05, 4.69) is 10.6 Å². The van der Waals surface area contributed by atoms with E-state index in [4.69, 9.17) is 23.2 Å². The van der Waals surface area contributed by atoms with Crippen molar-refractivity contribution in [2.45, 2.75) is 19.3 Å². The van der Waals surface area contributed by atoms with Gasteiger partial charge in [0.25, 0.3) is 5.91 Å². The molecule has 0 aromatic heterocycles. The van der Waals surface area contributed by atoms with Gasteiger partial charge in [-0.3, -0.25) is 4.79 Å². The zero-order valence-corrected chi connectivity index (χ0v) is 13.5. The van der Waals surface area contributed by atoms with Crippen molar-refractivity contribution < 1.29 is 4.79 Å². The van der Waals surface area contributed by atoms with E-state index in [1.165, 1.54) is 12.8 Å². The summed E-state index contributed by atoms with van der Waals surface area (Å²) in [5, 5.41) is 7.17. The van der Waals surface area contributed by atoms with Crippen molar-refractivity contribution in [2.75, 3.05) is 19.6 Å². The molecule has 1 heterocycles. The molecule has 1 amide bonds. The van der Waals surface area contributed by atoms with Gasteiger partial charge in [0.1, 0.15) is 0 Å². The van der Waals surface area contributed by atoms with E-state index in [-0.39, 0.29) is 18.3 Å². The Morgan fingerprint density at radius 2 is 2.15 bits per heavy atom. The fourth-order valence-corrected chi connectivity index (χ4v) is 2.60. The van der Waals surface area contributed by atoms with Gasteiger partial charge >= 0.3 is 0 Å². The third kappa shape index (κ3) is 5.13. The Labute approximate surface area is 135 Å². The van der Waals surface area contributed by atoms with E-state index in [9.17, 15) is 4.79 Å². The third-order valence-corrected chi connectivity index (χ3v) is 4.16. The average molecular weight is 338 g/mol. The van der Waals surface area contributed by atoms with Gasteiger partial charge in [-0.1, -0.05) is 23.2 Å². The summed E-state index contributed by atoms with van der Waals surface area (Å²) >= 11 is 11.7. The van der Waals surface area contributed by atoms with Crippen LogP contribution in [0.15, 0.2) is 18.2 Å². The second-order valence-corrected chi connectivity index (χ2v) is 5.70. The van der Waals surface area contributed by atoms with Gasteiger partial charge in [0.05, 0.1) is 10.0 Å². The topological polar surface area (TPSA) is 41.1 Å². The minimum atomic E-state index is -0.0951. The number of benzene rings is 1. The molecule has 1 aliphatic heterocycles. The summed E-state index contributed by atoms with van der Waals surface area (Å²) in [6.45, 7) is 2.88. The molecule has 0 saturated carbocycles. The first-order valence-corrected chi connectivity index (χ1v) is 7.36. The lowest BCUT2D eigenvalue weighted by atomic mass is 9.96. The van der Waals surface area contributed by atoms with Crippen LogP contribution in [0.5, 0.6) is 0 Å². The maximum absolute atomic E-state index is 11.9. The molecule has 0 spiro atoms. The van der Waals surface area contributed by atoms with Gasteiger partial charge in [0, 0.05) is 12.1 Å². The van der Waals surface area contributed by atoms with Gasteiger partial charge in [0.15, 0.2) is 0 Å². The van der Waals surface area contributed by atoms with Crippen LogP contribution in [0.1, 0.15) is 29.6 Å². The number of piperidine rings is 1. The van der Waals surface area contributed by atoms with Crippen LogP contribution in [0.2, 0.25) is 10.0 Å². The highest BCUT2D eigenvalue weighted by Gasteiger charge is 2.13. The number of carbonyl (C=O) groups excluding carboxylic acids is 1. The van der Waals surface area contributed by atoms with Crippen LogP contribution in [0, 0.1) is 5.92 Å². The molecular weight excluding hydrogens is 319 g/mol. The molecule has 2 rings (SSSR count). The molecule has 0 bridgehead atoms. The van der Waals surface area contributed by atoms with Gasteiger partial charge in [-0.15, -0.1) is 12.4 Å². The van der Waals surface area contributed by atoms with Crippen molar-refractivity contribution in [1.29, 1.82) is 0 Å². The summed E-state index contributed by atoms with van der Waals surface area (Å²) in [6, 6.07) is 4.93. The van der Waals surface area contributed by atoms with Crippen molar-refractivity contribution in [3.63, 3.8) is 0 Å². The standard InChI is InChI=1S/C14H18Cl2N2O.ClH/c15-12-4-3-11(8-13(12)16)14(19)18-7-5-10-2-1-6-17-9-10;/h3-4,8,10,17H,1-2,5-7,9H2,(H,18,19);1H. The Balaban J connectivity index is 0.00000200. The van der Waals surface area contributed by atoms with E-state index in [0.717, 1.165) is 19.5 Å². The summed E-state index contributed by atoms with van der Waals surface area (Å²) in [4.78, 5) is 11.9. The molecule has 3 nitrogen and oxygen atoms in total.